The van der Waals surface area contributed by atoms with Crippen LogP contribution in [-0.2, 0) is 25.9 Å². The summed E-state index contributed by atoms with van der Waals surface area (Å²) in [5.41, 5.74) is 0.128. The van der Waals surface area contributed by atoms with Gasteiger partial charge < -0.3 is 9.88 Å². The molecule has 1 N–H and O–H groups in total. The molecule has 0 fully saturated rings. The summed E-state index contributed by atoms with van der Waals surface area (Å²) in [6.45, 7) is 0. The number of benzene rings is 1. The number of carbonyl (C=O) groups excluding carboxylic acids is 1. The lowest BCUT2D eigenvalue weighted by Crippen LogP contribution is -2.37. The second-order valence-corrected chi connectivity index (χ2v) is 6.62. The van der Waals surface area contributed by atoms with Crippen LogP contribution in [0.2, 0.25) is 0 Å². The third-order valence-corrected chi connectivity index (χ3v) is 4.92. The van der Waals surface area contributed by atoms with Crippen LogP contribution < -0.4 is 16.6 Å². The molecular weight excluding hydrogens is 361 g/mol. The Morgan fingerprint density at radius 1 is 1.12 bits per heavy atom. The first kappa shape index (κ1) is 17.9. The molecule has 3 aromatic rings. The molecule has 1 amide bonds. The molecule has 26 heavy (non-hydrogen) atoms. The second kappa shape index (κ2) is 6.79. The maximum Gasteiger partial charge on any atom is 0.332 e. The van der Waals surface area contributed by atoms with Crippen molar-refractivity contribution >= 4 is 34.5 Å². The fourth-order valence-electron chi connectivity index (χ4n) is 2.49. The molecule has 2 aromatic heterocycles. The zero-order valence-corrected chi connectivity index (χ0v) is 15.1. The van der Waals surface area contributed by atoms with Crippen LogP contribution in [0.25, 0.3) is 11.2 Å². The number of fused-ring (bicyclic) bond motifs is 1. The van der Waals surface area contributed by atoms with Crippen LogP contribution in [0.3, 0.4) is 0 Å². The summed E-state index contributed by atoms with van der Waals surface area (Å²) >= 11 is 1.13. The van der Waals surface area contributed by atoms with Crippen molar-refractivity contribution in [3.8, 4) is 0 Å². The zero-order valence-electron chi connectivity index (χ0n) is 14.3. The standard InChI is InChI=1S/C16H16FN5O3S/c1-20-12-13(21(2)16(25)22(3)14(12)24)19-15(20)26-8-11(23)18-10-6-4-9(17)5-7-10/h4-7H,8H2,1-3H3,(H,18,23). The Morgan fingerprint density at radius 2 is 1.77 bits per heavy atom. The lowest BCUT2D eigenvalue weighted by atomic mass is 10.3. The number of aromatic nitrogens is 4. The van der Waals surface area contributed by atoms with Gasteiger partial charge in [0.15, 0.2) is 16.3 Å². The Hall–Kier alpha value is -2.88. The van der Waals surface area contributed by atoms with Gasteiger partial charge in [0, 0.05) is 26.8 Å². The molecule has 0 saturated carbocycles. The van der Waals surface area contributed by atoms with E-state index < -0.39 is 11.2 Å². The van der Waals surface area contributed by atoms with Crippen molar-refractivity contribution in [2.45, 2.75) is 5.16 Å². The Bertz CT molecular complexity index is 1110. The van der Waals surface area contributed by atoms with Gasteiger partial charge in [-0.1, -0.05) is 11.8 Å². The maximum atomic E-state index is 12.9. The Balaban J connectivity index is 1.82. The number of hydrogen-bond acceptors (Lipinski definition) is 5. The topological polar surface area (TPSA) is 90.9 Å². The van der Waals surface area contributed by atoms with Gasteiger partial charge in [0.05, 0.1) is 5.75 Å². The predicted molar refractivity (Wildman–Crippen MR) is 96.9 cm³/mol. The van der Waals surface area contributed by atoms with Crippen molar-refractivity contribution in [2.24, 2.45) is 21.1 Å². The third kappa shape index (κ3) is 3.15. The van der Waals surface area contributed by atoms with Gasteiger partial charge in [0.2, 0.25) is 5.91 Å². The fraction of sp³-hybridized carbons (Fsp3) is 0.250. The van der Waals surface area contributed by atoms with E-state index in [-0.39, 0.29) is 28.6 Å². The Morgan fingerprint density at radius 3 is 2.42 bits per heavy atom. The van der Waals surface area contributed by atoms with Crippen molar-refractivity contribution in [3.05, 3.63) is 50.9 Å². The summed E-state index contributed by atoms with van der Waals surface area (Å²) in [5, 5.41) is 3.09. The van der Waals surface area contributed by atoms with Crippen LogP contribution in [-0.4, -0.2) is 30.3 Å². The van der Waals surface area contributed by atoms with Gasteiger partial charge in [-0.3, -0.25) is 18.7 Å². The molecule has 0 aliphatic rings. The first-order valence-electron chi connectivity index (χ1n) is 7.60. The molecule has 1 aromatic carbocycles. The molecule has 0 bridgehead atoms. The second-order valence-electron chi connectivity index (χ2n) is 5.68. The minimum atomic E-state index is -0.466. The lowest BCUT2D eigenvalue weighted by Gasteiger charge is -2.05. The molecule has 0 saturated heterocycles. The number of nitrogens with zero attached hydrogens (tertiary/aromatic N) is 4. The Labute approximate surface area is 151 Å². The highest BCUT2D eigenvalue weighted by Gasteiger charge is 2.18. The van der Waals surface area contributed by atoms with E-state index in [1.54, 1.807) is 11.6 Å². The first-order chi connectivity index (χ1) is 12.3. The van der Waals surface area contributed by atoms with Crippen molar-refractivity contribution in [3.63, 3.8) is 0 Å². The van der Waals surface area contributed by atoms with Gasteiger partial charge in [-0.15, -0.1) is 0 Å². The fourth-order valence-corrected chi connectivity index (χ4v) is 3.26. The van der Waals surface area contributed by atoms with E-state index in [9.17, 15) is 18.8 Å². The predicted octanol–water partition coefficient (Wildman–Crippen LogP) is 0.841. The first-order valence-corrected chi connectivity index (χ1v) is 8.59. The van der Waals surface area contributed by atoms with Crippen molar-refractivity contribution < 1.29 is 9.18 Å². The van der Waals surface area contributed by atoms with Gasteiger partial charge in [0.1, 0.15) is 5.82 Å². The van der Waals surface area contributed by atoms with Crippen molar-refractivity contribution in [1.29, 1.82) is 0 Å². The zero-order chi connectivity index (χ0) is 19.0. The summed E-state index contributed by atoms with van der Waals surface area (Å²) < 4.78 is 16.7. The summed E-state index contributed by atoms with van der Waals surface area (Å²) in [6, 6.07) is 5.44. The molecule has 8 nitrogen and oxygen atoms in total. The number of thioether (sulfide) groups is 1. The lowest BCUT2D eigenvalue weighted by molar-refractivity contribution is -0.113. The number of anilines is 1. The third-order valence-electron chi connectivity index (χ3n) is 3.89. The molecule has 0 radical (unpaired) electrons. The average molecular weight is 377 g/mol. The summed E-state index contributed by atoms with van der Waals surface area (Å²) in [5.74, 6) is -0.636. The normalized spacial score (nSPS) is 11.1. The number of imidazole rings is 1. The number of amides is 1. The monoisotopic (exact) mass is 377 g/mol. The van der Waals surface area contributed by atoms with Crippen molar-refractivity contribution in [1.82, 2.24) is 18.7 Å². The average Bonchev–Trinajstić information content (AvgIpc) is 2.95. The summed E-state index contributed by atoms with van der Waals surface area (Å²) in [4.78, 5) is 40.7. The van der Waals surface area contributed by atoms with E-state index >= 15 is 0 Å². The van der Waals surface area contributed by atoms with Crippen LogP contribution in [0.1, 0.15) is 0 Å². The van der Waals surface area contributed by atoms with Crippen LogP contribution in [0.4, 0.5) is 10.1 Å². The minimum absolute atomic E-state index is 0.0444. The molecular formula is C16H16FN5O3S. The smallest absolute Gasteiger partial charge is 0.325 e. The number of aryl methyl sites for hydroxylation is 2. The molecule has 3 rings (SSSR count). The van der Waals surface area contributed by atoms with Gasteiger partial charge in [0.25, 0.3) is 5.56 Å². The molecule has 0 aliphatic heterocycles. The van der Waals surface area contributed by atoms with Crippen LogP contribution in [0.15, 0.2) is 39.0 Å². The number of nitrogens with one attached hydrogen (secondary N) is 1. The summed E-state index contributed by atoms with van der Waals surface area (Å²) in [7, 11) is 4.59. The molecule has 0 unspecified atom stereocenters. The highest BCUT2D eigenvalue weighted by atomic mass is 32.2. The van der Waals surface area contributed by atoms with Gasteiger partial charge in [-0.25, -0.2) is 14.2 Å². The van der Waals surface area contributed by atoms with Crippen LogP contribution in [0, 0.1) is 5.82 Å². The Kier molecular flexibility index (Phi) is 4.68. The summed E-state index contributed by atoms with van der Waals surface area (Å²) in [6.07, 6.45) is 0. The quantitative estimate of drug-likeness (QED) is 0.681. The number of hydrogen-bond donors (Lipinski definition) is 1. The number of rotatable bonds is 4. The van der Waals surface area contributed by atoms with E-state index in [0.29, 0.717) is 10.8 Å². The molecule has 0 atom stereocenters. The van der Waals surface area contributed by atoms with Gasteiger partial charge >= 0.3 is 5.69 Å². The maximum absolute atomic E-state index is 12.9. The number of halogens is 1. The van der Waals surface area contributed by atoms with Crippen LogP contribution >= 0.6 is 11.8 Å². The van der Waals surface area contributed by atoms with E-state index in [2.05, 4.69) is 10.3 Å². The van der Waals surface area contributed by atoms with Crippen molar-refractivity contribution in [2.75, 3.05) is 11.1 Å². The molecule has 0 aliphatic carbocycles. The highest BCUT2D eigenvalue weighted by molar-refractivity contribution is 7.99. The highest BCUT2D eigenvalue weighted by Crippen LogP contribution is 2.20. The largest absolute Gasteiger partial charge is 0.332 e. The molecule has 136 valence electrons. The van der Waals surface area contributed by atoms with E-state index in [4.69, 9.17) is 0 Å². The minimum Gasteiger partial charge on any atom is -0.325 e. The van der Waals surface area contributed by atoms with Gasteiger partial charge in [-0.2, -0.15) is 0 Å². The van der Waals surface area contributed by atoms with E-state index in [1.807, 2.05) is 0 Å². The van der Waals surface area contributed by atoms with Gasteiger partial charge in [-0.05, 0) is 24.3 Å². The van der Waals surface area contributed by atoms with E-state index in [1.165, 1.54) is 42.9 Å². The van der Waals surface area contributed by atoms with Crippen LogP contribution in [0.5, 0.6) is 0 Å². The molecule has 10 heteroatoms. The van der Waals surface area contributed by atoms with E-state index in [0.717, 1.165) is 16.3 Å². The SMILES string of the molecule is Cn1c(=O)c2c(nc(SCC(=O)Nc3ccc(F)cc3)n2C)n(C)c1=O. The molecule has 0 spiro atoms. The number of carbonyl (C=O) groups is 1. The molecule has 2 heterocycles.